The van der Waals surface area contributed by atoms with Gasteiger partial charge < -0.3 is 4.42 Å². The standard InChI is InChI=1S/C21H12FN3O3/c22-14-8-3-1-6-12(14)17-16-18(26)13-7-2-4-9-15(13)28-19(16)20(27)25(17)21-23-10-5-11-24-21/h1-11,17H/t17-/m1/s1. The first-order valence-electron chi connectivity index (χ1n) is 8.57. The van der Waals surface area contributed by atoms with E-state index in [1.54, 1.807) is 42.5 Å². The quantitative estimate of drug-likeness (QED) is 0.538. The summed E-state index contributed by atoms with van der Waals surface area (Å²) in [5, 5.41) is 0.325. The lowest BCUT2D eigenvalue weighted by molar-refractivity contribution is 0.0969. The minimum absolute atomic E-state index is 0.0654. The molecule has 0 saturated heterocycles. The summed E-state index contributed by atoms with van der Waals surface area (Å²) in [5.41, 5.74) is 0.172. The van der Waals surface area contributed by atoms with Crippen LogP contribution in [0.3, 0.4) is 0 Å². The molecule has 0 N–H and O–H groups in total. The Morgan fingerprint density at radius 2 is 1.64 bits per heavy atom. The molecule has 1 aliphatic rings. The second kappa shape index (κ2) is 6.09. The Balaban J connectivity index is 1.86. The van der Waals surface area contributed by atoms with Crippen LogP contribution in [0, 0.1) is 5.82 Å². The predicted octanol–water partition coefficient (Wildman–Crippen LogP) is 3.47. The zero-order valence-electron chi connectivity index (χ0n) is 14.4. The summed E-state index contributed by atoms with van der Waals surface area (Å²) in [7, 11) is 0. The minimum Gasteiger partial charge on any atom is -0.450 e. The second-order valence-electron chi connectivity index (χ2n) is 6.32. The highest BCUT2D eigenvalue weighted by atomic mass is 19.1. The van der Waals surface area contributed by atoms with Crippen molar-refractivity contribution in [2.24, 2.45) is 0 Å². The fourth-order valence-corrected chi connectivity index (χ4v) is 3.53. The number of halogens is 1. The number of fused-ring (bicyclic) bond motifs is 2. The fraction of sp³-hybridized carbons (Fsp3) is 0.0476. The van der Waals surface area contributed by atoms with Gasteiger partial charge in [0.25, 0.3) is 5.91 Å². The lowest BCUT2D eigenvalue weighted by Gasteiger charge is -2.23. The van der Waals surface area contributed by atoms with Crippen molar-refractivity contribution in [2.45, 2.75) is 6.04 Å². The summed E-state index contributed by atoms with van der Waals surface area (Å²) < 4.78 is 20.5. The molecule has 0 fully saturated rings. The van der Waals surface area contributed by atoms with E-state index in [2.05, 4.69) is 9.97 Å². The first-order chi connectivity index (χ1) is 13.7. The summed E-state index contributed by atoms with van der Waals surface area (Å²) in [6, 6.07) is 13.2. The van der Waals surface area contributed by atoms with Crippen LogP contribution in [0.1, 0.15) is 27.7 Å². The van der Waals surface area contributed by atoms with E-state index in [1.807, 2.05) is 0 Å². The van der Waals surface area contributed by atoms with E-state index in [4.69, 9.17) is 4.42 Å². The van der Waals surface area contributed by atoms with Crippen LogP contribution in [0.5, 0.6) is 0 Å². The first-order valence-corrected chi connectivity index (χ1v) is 8.57. The van der Waals surface area contributed by atoms with Gasteiger partial charge in [-0.15, -0.1) is 0 Å². The molecule has 136 valence electrons. The molecular formula is C21H12FN3O3. The van der Waals surface area contributed by atoms with Gasteiger partial charge in [0.2, 0.25) is 11.7 Å². The monoisotopic (exact) mass is 373 g/mol. The lowest BCUT2D eigenvalue weighted by atomic mass is 9.98. The van der Waals surface area contributed by atoms with Crippen molar-refractivity contribution in [3.05, 3.63) is 99.9 Å². The van der Waals surface area contributed by atoms with Crippen LogP contribution in [-0.2, 0) is 0 Å². The maximum Gasteiger partial charge on any atom is 0.297 e. The van der Waals surface area contributed by atoms with Gasteiger partial charge in [0, 0.05) is 18.0 Å². The third kappa shape index (κ3) is 2.26. The summed E-state index contributed by atoms with van der Waals surface area (Å²) >= 11 is 0. The van der Waals surface area contributed by atoms with Crippen LogP contribution in [0.25, 0.3) is 11.0 Å². The summed E-state index contributed by atoms with van der Waals surface area (Å²) in [4.78, 5) is 35.9. The number of carbonyl (C=O) groups is 1. The molecule has 5 rings (SSSR count). The highest BCUT2D eigenvalue weighted by molar-refractivity contribution is 6.09. The van der Waals surface area contributed by atoms with E-state index in [0.29, 0.717) is 11.0 Å². The summed E-state index contributed by atoms with van der Waals surface area (Å²) in [5.74, 6) is -1.18. The number of hydrogen-bond donors (Lipinski definition) is 0. The maximum atomic E-state index is 14.7. The summed E-state index contributed by atoms with van der Waals surface area (Å²) in [6.45, 7) is 0. The van der Waals surface area contributed by atoms with E-state index in [0.717, 1.165) is 0 Å². The van der Waals surface area contributed by atoms with Crippen molar-refractivity contribution < 1.29 is 13.6 Å². The van der Waals surface area contributed by atoms with Crippen molar-refractivity contribution in [3.63, 3.8) is 0 Å². The molecule has 7 heteroatoms. The van der Waals surface area contributed by atoms with Gasteiger partial charge in [-0.25, -0.2) is 14.4 Å². The van der Waals surface area contributed by atoms with Crippen LogP contribution < -0.4 is 10.3 Å². The van der Waals surface area contributed by atoms with Gasteiger partial charge in [0.05, 0.1) is 10.9 Å². The number of hydrogen-bond acceptors (Lipinski definition) is 5. The van der Waals surface area contributed by atoms with Gasteiger partial charge >= 0.3 is 0 Å². The third-order valence-corrected chi connectivity index (χ3v) is 4.75. The van der Waals surface area contributed by atoms with Crippen molar-refractivity contribution in [1.29, 1.82) is 0 Å². The predicted molar refractivity (Wildman–Crippen MR) is 99.6 cm³/mol. The van der Waals surface area contributed by atoms with Crippen LogP contribution in [0.4, 0.5) is 10.3 Å². The Morgan fingerprint density at radius 3 is 2.43 bits per heavy atom. The Morgan fingerprint density at radius 1 is 0.929 bits per heavy atom. The number of nitrogens with zero attached hydrogens (tertiary/aromatic N) is 3. The number of rotatable bonds is 2. The molecule has 3 heterocycles. The Labute approximate surface area is 157 Å². The van der Waals surface area contributed by atoms with E-state index >= 15 is 0 Å². The van der Waals surface area contributed by atoms with Gasteiger partial charge in [-0.3, -0.25) is 14.5 Å². The normalized spacial score (nSPS) is 15.8. The molecule has 2 aromatic heterocycles. The lowest BCUT2D eigenvalue weighted by Crippen LogP contribution is -2.31. The van der Waals surface area contributed by atoms with Gasteiger partial charge in [-0.2, -0.15) is 0 Å². The molecule has 1 atom stereocenters. The van der Waals surface area contributed by atoms with E-state index in [-0.39, 0.29) is 28.3 Å². The molecule has 0 aliphatic carbocycles. The third-order valence-electron chi connectivity index (χ3n) is 4.75. The molecule has 1 aliphatic heterocycles. The van der Waals surface area contributed by atoms with E-state index in [9.17, 15) is 14.0 Å². The van der Waals surface area contributed by atoms with Gasteiger partial charge in [0.1, 0.15) is 17.4 Å². The van der Waals surface area contributed by atoms with Crippen LogP contribution >= 0.6 is 0 Å². The first kappa shape index (κ1) is 16.3. The molecule has 0 unspecified atom stereocenters. The number of aromatic nitrogens is 2. The Kier molecular flexibility index (Phi) is 3.55. The van der Waals surface area contributed by atoms with Crippen molar-refractivity contribution in [1.82, 2.24) is 9.97 Å². The maximum absolute atomic E-state index is 14.7. The molecule has 0 spiro atoms. The molecule has 28 heavy (non-hydrogen) atoms. The largest absolute Gasteiger partial charge is 0.450 e. The Bertz CT molecular complexity index is 1290. The highest BCUT2D eigenvalue weighted by Gasteiger charge is 2.45. The molecule has 6 nitrogen and oxygen atoms in total. The van der Waals surface area contributed by atoms with Crippen LogP contribution in [-0.4, -0.2) is 15.9 Å². The zero-order valence-corrected chi connectivity index (χ0v) is 14.4. The van der Waals surface area contributed by atoms with E-state index in [1.165, 1.54) is 29.4 Å². The van der Waals surface area contributed by atoms with Gasteiger partial charge in [0.15, 0.2) is 5.43 Å². The fourth-order valence-electron chi connectivity index (χ4n) is 3.53. The number of amides is 1. The number of benzene rings is 2. The zero-order chi connectivity index (χ0) is 19.3. The number of carbonyl (C=O) groups excluding carboxylic acids is 1. The molecule has 4 aromatic rings. The molecule has 2 aromatic carbocycles. The van der Waals surface area contributed by atoms with E-state index < -0.39 is 17.8 Å². The van der Waals surface area contributed by atoms with Crippen LogP contribution in [0.2, 0.25) is 0 Å². The number of anilines is 1. The molecule has 1 amide bonds. The molecule has 0 bridgehead atoms. The smallest absolute Gasteiger partial charge is 0.297 e. The molecular weight excluding hydrogens is 361 g/mol. The van der Waals surface area contributed by atoms with Gasteiger partial charge in [-0.05, 0) is 24.3 Å². The van der Waals surface area contributed by atoms with Gasteiger partial charge in [-0.1, -0.05) is 30.3 Å². The van der Waals surface area contributed by atoms with Crippen molar-refractivity contribution in [3.8, 4) is 0 Å². The second-order valence-corrected chi connectivity index (χ2v) is 6.32. The van der Waals surface area contributed by atoms with Crippen molar-refractivity contribution in [2.75, 3.05) is 4.90 Å². The SMILES string of the molecule is O=C1c2oc3ccccc3c(=O)c2[C@@H](c2ccccc2F)N1c1ncccn1. The average Bonchev–Trinajstić information content (AvgIpc) is 3.02. The Hall–Kier alpha value is -3.87. The average molecular weight is 373 g/mol. The minimum atomic E-state index is -1.02. The number of para-hydroxylation sites is 1. The molecule has 0 radical (unpaired) electrons. The summed E-state index contributed by atoms with van der Waals surface area (Å²) in [6.07, 6.45) is 2.95. The highest BCUT2D eigenvalue weighted by Crippen LogP contribution is 2.40. The van der Waals surface area contributed by atoms with Crippen LogP contribution in [0.15, 0.2) is 76.2 Å². The topological polar surface area (TPSA) is 76.3 Å². The van der Waals surface area contributed by atoms with Crippen molar-refractivity contribution >= 4 is 22.8 Å². The molecule has 0 saturated carbocycles.